The Morgan fingerprint density at radius 2 is 1.67 bits per heavy atom. The van der Waals surface area contributed by atoms with Gasteiger partial charge in [0.2, 0.25) is 11.8 Å². The average molecular weight is 368 g/mol. The Balaban J connectivity index is 1.47. The summed E-state index contributed by atoms with van der Waals surface area (Å²) < 4.78 is 13.7. The molecule has 2 aromatic carbocycles. The topological polar surface area (TPSA) is 49.4 Å². The van der Waals surface area contributed by atoms with E-state index in [2.05, 4.69) is 5.32 Å². The first-order valence-corrected chi connectivity index (χ1v) is 9.38. The van der Waals surface area contributed by atoms with E-state index in [0.717, 1.165) is 11.1 Å². The Bertz CT molecular complexity index is 813. The van der Waals surface area contributed by atoms with Crippen molar-refractivity contribution in [3.8, 4) is 0 Å². The van der Waals surface area contributed by atoms with Gasteiger partial charge in [-0.05, 0) is 42.5 Å². The second kappa shape index (κ2) is 8.80. The largest absolute Gasteiger partial charge is 0.352 e. The molecule has 0 radical (unpaired) electrons. The van der Waals surface area contributed by atoms with Gasteiger partial charge in [0.1, 0.15) is 5.82 Å². The first-order valence-electron chi connectivity index (χ1n) is 9.38. The first-order chi connectivity index (χ1) is 13.0. The molecule has 0 aliphatic carbocycles. The van der Waals surface area contributed by atoms with Crippen LogP contribution in [0.25, 0.3) is 0 Å². The first kappa shape index (κ1) is 19.1. The highest BCUT2D eigenvalue weighted by molar-refractivity contribution is 5.81. The summed E-state index contributed by atoms with van der Waals surface area (Å²) >= 11 is 0. The van der Waals surface area contributed by atoms with Gasteiger partial charge in [-0.2, -0.15) is 0 Å². The fourth-order valence-corrected chi connectivity index (χ4v) is 3.44. The predicted molar refractivity (Wildman–Crippen MR) is 102 cm³/mol. The van der Waals surface area contributed by atoms with Crippen LogP contribution < -0.4 is 5.32 Å². The van der Waals surface area contributed by atoms with Crippen molar-refractivity contribution in [2.75, 3.05) is 13.1 Å². The smallest absolute Gasteiger partial charge is 0.227 e. The molecule has 142 valence electrons. The van der Waals surface area contributed by atoms with Gasteiger partial charge in [-0.3, -0.25) is 9.59 Å². The summed E-state index contributed by atoms with van der Waals surface area (Å²) in [6, 6.07) is 14.3. The number of piperidine rings is 1. The molecular weight excluding hydrogens is 343 g/mol. The number of likely N-dealkylation sites (tertiary alicyclic amines) is 1. The Kier molecular flexibility index (Phi) is 6.22. The minimum absolute atomic E-state index is 0.0412. The second-order valence-corrected chi connectivity index (χ2v) is 7.07. The molecule has 1 aliphatic heterocycles. The molecular formula is C22H25FN2O2. The molecule has 4 nitrogen and oxygen atoms in total. The SMILES string of the molecule is Cc1ccccc1CNC(=O)C1CCN(C(=O)Cc2ccccc2F)CC1. The third kappa shape index (κ3) is 4.94. The van der Waals surface area contributed by atoms with Gasteiger partial charge in [0, 0.05) is 25.6 Å². The molecule has 0 saturated carbocycles. The maximum absolute atomic E-state index is 13.7. The van der Waals surface area contributed by atoms with E-state index in [1.807, 2.05) is 31.2 Å². The van der Waals surface area contributed by atoms with Gasteiger partial charge in [-0.25, -0.2) is 4.39 Å². The van der Waals surface area contributed by atoms with Crippen molar-refractivity contribution in [3.05, 3.63) is 71.0 Å². The summed E-state index contributed by atoms with van der Waals surface area (Å²) in [7, 11) is 0. The van der Waals surface area contributed by atoms with Gasteiger partial charge in [-0.1, -0.05) is 42.5 Å². The van der Waals surface area contributed by atoms with Crippen LogP contribution in [0.5, 0.6) is 0 Å². The highest BCUT2D eigenvalue weighted by atomic mass is 19.1. The normalized spacial score (nSPS) is 14.8. The Morgan fingerprint density at radius 3 is 2.33 bits per heavy atom. The van der Waals surface area contributed by atoms with Crippen LogP contribution in [0.1, 0.15) is 29.5 Å². The number of hydrogen-bond donors (Lipinski definition) is 1. The van der Waals surface area contributed by atoms with Crippen molar-refractivity contribution in [3.63, 3.8) is 0 Å². The minimum atomic E-state index is -0.351. The number of hydrogen-bond acceptors (Lipinski definition) is 2. The standard InChI is InChI=1S/C22H25FN2O2/c1-16-6-2-3-8-19(16)15-24-22(27)17-10-12-25(13-11-17)21(26)14-18-7-4-5-9-20(18)23/h2-9,17H,10-15H2,1H3,(H,24,27). The molecule has 1 saturated heterocycles. The molecule has 1 fully saturated rings. The quantitative estimate of drug-likeness (QED) is 0.881. The van der Waals surface area contributed by atoms with E-state index in [-0.39, 0.29) is 30.0 Å². The van der Waals surface area contributed by atoms with Crippen molar-refractivity contribution < 1.29 is 14.0 Å². The fourth-order valence-electron chi connectivity index (χ4n) is 3.44. The fraction of sp³-hybridized carbons (Fsp3) is 0.364. The molecule has 1 N–H and O–H groups in total. The van der Waals surface area contributed by atoms with E-state index in [4.69, 9.17) is 0 Å². The number of carbonyl (C=O) groups is 2. The van der Waals surface area contributed by atoms with Crippen LogP contribution in [0.2, 0.25) is 0 Å². The van der Waals surface area contributed by atoms with E-state index < -0.39 is 0 Å². The average Bonchev–Trinajstić information content (AvgIpc) is 2.69. The van der Waals surface area contributed by atoms with E-state index in [1.165, 1.54) is 6.07 Å². The van der Waals surface area contributed by atoms with Crippen molar-refractivity contribution in [1.29, 1.82) is 0 Å². The van der Waals surface area contributed by atoms with E-state index >= 15 is 0 Å². The minimum Gasteiger partial charge on any atom is -0.352 e. The molecule has 0 unspecified atom stereocenters. The Hall–Kier alpha value is -2.69. The van der Waals surface area contributed by atoms with Gasteiger partial charge in [-0.15, -0.1) is 0 Å². The molecule has 1 heterocycles. The summed E-state index contributed by atoms with van der Waals surface area (Å²) in [6.45, 7) is 3.63. The number of benzene rings is 2. The maximum atomic E-state index is 13.7. The lowest BCUT2D eigenvalue weighted by Crippen LogP contribution is -2.43. The zero-order valence-corrected chi connectivity index (χ0v) is 15.6. The molecule has 3 rings (SSSR count). The summed E-state index contributed by atoms with van der Waals surface area (Å²) in [4.78, 5) is 26.6. The molecule has 0 bridgehead atoms. The zero-order chi connectivity index (χ0) is 19.2. The summed E-state index contributed by atoms with van der Waals surface area (Å²) in [6.07, 6.45) is 1.35. The molecule has 2 amide bonds. The highest BCUT2D eigenvalue weighted by Gasteiger charge is 2.27. The van der Waals surface area contributed by atoms with E-state index in [9.17, 15) is 14.0 Å². The van der Waals surface area contributed by atoms with Crippen LogP contribution in [-0.2, 0) is 22.6 Å². The summed E-state index contributed by atoms with van der Waals surface area (Å²) in [5.41, 5.74) is 2.69. The lowest BCUT2D eigenvalue weighted by molar-refractivity contribution is -0.135. The van der Waals surface area contributed by atoms with E-state index in [0.29, 0.717) is 38.0 Å². The molecule has 2 aromatic rings. The zero-order valence-electron chi connectivity index (χ0n) is 15.6. The van der Waals surface area contributed by atoms with Crippen molar-refractivity contribution in [1.82, 2.24) is 10.2 Å². The van der Waals surface area contributed by atoms with Gasteiger partial charge in [0.05, 0.1) is 6.42 Å². The lowest BCUT2D eigenvalue weighted by atomic mass is 9.95. The van der Waals surface area contributed by atoms with Crippen LogP contribution in [-0.4, -0.2) is 29.8 Å². The number of carbonyl (C=O) groups excluding carboxylic acids is 2. The van der Waals surface area contributed by atoms with Gasteiger partial charge in [0.15, 0.2) is 0 Å². The number of nitrogens with zero attached hydrogens (tertiary/aromatic N) is 1. The van der Waals surface area contributed by atoms with Crippen LogP contribution in [0.4, 0.5) is 4.39 Å². The van der Waals surface area contributed by atoms with Crippen molar-refractivity contribution >= 4 is 11.8 Å². The number of amides is 2. The highest BCUT2D eigenvalue weighted by Crippen LogP contribution is 2.19. The molecule has 0 spiro atoms. The van der Waals surface area contributed by atoms with Crippen molar-refractivity contribution in [2.45, 2.75) is 32.7 Å². The molecule has 0 atom stereocenters. The number of halogens is 1. The number of nitrogens with one attached hydrogen (secondary N) is 1. The molecule has 0 aromatic heterocycles. The lowest BCUT2D eigenvalue weighted by Gasteiger charge is -2.31. The van der Waals surface area contributed by atoms with Crippen LogP contribution in [0, 0.1) is 18.7 Å². The van der Waals surface area contributed by atoms with Crippen LogP contribution in [0.15, 0.2) is 48.5 Å². The van der Waals surface area contributed by atoms with E-state index in [1.54, 1.807) is 23.1 Å². The Labute approximate surface area is 159 Å². The van der Waals surface area contributed by atoms with Gasteiger partial charge in [0.25, 0.3) is 0 Å². The second-order valence-electron chi connectivity index (χ2n) is 7.07. The molecule has 1 aliphatic rings. The maximum Gasteiger partial charge on any atom is 0.227 e. The van der Waals surface area contributed by atoms with Crippen molar-refractivity contribution in [2.24, 2.45) is 5.92 Å². The number of aryl methyl sites for hydroxylation is 1. The third-order valence-electron chi connectivity index (χ3n) is 5.23. The predicted octanol–water partition coefficient (Wildman–Crippen LogP) is 3.23. The molecule has 27 heavy (non-hydrogen) atoms. The molecule has 5 heteroatoms. The Morgan fingerprint density at radius 1 is 1.04 bits per heavy atom. The van der Waals surface area contributed by atoms with Crippen LogP contribution >= 0.6 is 0 Å². The third-order valence-corrected chi connectivity index (χ3v) is 5.23. The summed E-state index contributed by atoms with van der Waals surface area (Å²) in [5.74, 6) is -0.471. The van der Waals surface area contributed by atoms with Crippen LogP contribution in [0.3, 0.4) is 0 Å². The van der Waals surface area contributed by atoms with Gasteiger partial charge < -0.3 is 10.2 Å². The monoisotopic (exact) mass is 368 g/mol. The number of rotatable bonds is 5. The summed E-state index contributed by atoms with van der Waals surface area (Å²) in [5, 5.41) is 3.01. The van der Waals surface area contributed by atoms with Gasteiger partial charge >= 0.3 is 0 Å².